The number of nitrogens with zero attached hydrogens (tertiary/aromatic N) is 1. The molecule has 1 aliphatic rings. The van der Waals surface area contributed by atoms with E-state index in [-0.39, 0.29) is 44.2 Å². The van der Waals surface area contributed by atoms with Crippen LogP contribution < -0.4 is 14.8 Å². The van der Waals surface area contributed by atoms with E-state index in [1.807, 2.05) is 22.6 Å². The molecule has 0 spiro atoms. The summed E-state index contributed by atoms with van der Waals surface area (Å²) < 4.78 is 25.9. The van der Waals surface area contributed by atoms with Gasteiger partial charge < -0.3 is 35.0 Å². The zero-order chi connectivity index (χ0) is 29.4. The monoisotopic (exact) mass is 668 g/mol. The van der Waals surface area contributed by atoms with E-state index in [2.05, 4.69) is 5.32 Å². The molecule has 2 aromatic rings. The fourth-order valence-corrected chi connectivity index (χ4v) is 5.16. The second-order valence-corrected chi connectivity index (χ2v) is 10.8. The summed E-state index contributed by atoms with van der Waals surface area (Å²) in [6.45, 7) is 3.16. The number of allylic oxidation sites excluding steroid dienone is 1. The van der Waals surface area contributed by atoms with Gasteiger partial charge in [-0.1, -0.05) is 17.7 Å². The number of nitrogens with one attached hydrogen (secondary N) is 1. The average molecular weight is 669 g/mol. The number of amides is 2. The molecule has 1 aliphatic carbocycles. The lowest BCUT2D eigenvalue weighted by molar-refractivity contribution is -0.134. The van der Waals surface area contributed by atoms with Crippen molar-refractivity contribution in [2.75, 3.05) is 20.3 Å². The number of carbonyl (C=O) groups excluding carboxylic acids is 2. The minimum absolute atomic E-state index is 0.0134. The molecule has 3 atom stereocenters. The molecule has 0 heterocycles. The Bertz CT molecular complexity index is 1260. The van der Waals surface area contributed by atoms with Crippen LogP contribution in [0.4, 0.5) is 4.39 Å². The molecule has 216 valence electrons. The Labute approximate surface area is 246 Å². The third-order valence-electron chi connectivity index (χ3n) is 6.30. The van der Waals surface area contributed by atoms with Gasteiger partial charge in [0.2, 0.25) is 11.8 Å². The fourth-order valence-electron chi connectivity index (χ4n) is 4.37. The number of methoxy groups -OCH3 is 1. The lowest BCUT2D eigenvalue weighted by Gasteiger charge is -2.40. The minimum atomic E-state index is -1.26. The fraction of sp³-hybridized carbons (Fsp3) is 0.379. The molecule has 0 saturated heterocycles. The van der Waals surface area contributed by atoms with E-state index in [9.17, 15) is 29.3 Å². The van der Waals surface area contributed by atoms with Crippen molar-refractivity contribution in [2.24, 2.45) is 0 Å². The van der Waals surface area contributed by atoms with Gasteiger partial charge in [0.15, 0.2) is 11.5 Å². The normalized spacial score (nSPS) is 18.4. The highest BCUT2D eigenvalue weighted by Crippen LogP contribution is 2.37. The summed E-state index contributed by atoms with van der Waals surface area (Å²) in [5.41, 5.74) is 2.25. The number of carbonyl (C=O) groups is 2. The number of hydrogen-bond acceptors (Lipinski definition) is 7. The highest BCUT2D eigenvalue weighted by molar-refractivity contribution is 14.1. The lowest BCUT2D eigenvalue weighted by Crippen LogP contribution is -2.54. The van der Waals surface area contributed by atoms with E-state index in [0.29, 0.717) is 26.2 Å². The number of aliphatic hydroxyl groups excluding tert-OH is 3. The van der Waals surface area contributed by atoms with Crippen molar-refractivity contribution in [2.45, 2.75) is 51.7 Å². The Morgan fingerprint density at radius 2 is 1.88 bits per heavy atom. The van der Waals surface area contributed by atoms with Gasteiger partial charge in [-0.25, -0.2) is 4.39 Å². The molecular weight excluding hydrogens is 634 g/mol. The van der Waals surface area contributed by atoms with E-state index in [1.165, 1.54) is 36.3 Å². The average Bonchev–Trinajstić information content (AvgIpc) is 2.92. The first-order valence-corrected chi connectivity index (χ1v) is 13.8. The molecule has 0 saturated carbocycles. The Morgan fingerprint density at radius 1 is 1.18 bits per heavy atom. The van der Waals surface area contributed by atoms with Crippen LogP contribution >= 0.6 is 22.6 Å². The summed E-state index contributed by atoms with van der Waals surface area (Å²) in [4.78, 5) is 27.9. The maximum atomic E-state index is 13.6. The minimum Gasteiger partial charge on any atom is -0.493 e. The van der Waals surface area contributed by atoms with Crippen molar-refractivity contribution >= 4 is 34.4 Å². The molecule has 9 nitrogen and oxygen atoms in total. The van der Waals surface area contributed by atoms with Crippen molar-refractivity contribution in [1.29, 1.82) is 0 Å². The SMILES string of the molecule is COc1cc(CO)cc(I)c1OC1C=C(C(=O)NCCO)CC(N(Cc2ccc(F)cc2)C(=O)C=C(C)C)C1O. The molecule has 0 aliphatic heterocycles. The predicted octanol–water partition coefficient (Wildman–Crippen LogP) is 2.84. The predicted molar refractivity (Wildman–Crippen MR) is 155 cm³/mol. The van der Waals surface area contributed by atoms with Crippen LogP contribution in [-0.2, 0) is 22.7 Å². The van der Waals surface area contributed by atoms with E-state index in [0.717, 1.165) is 5.57 Å². The Hall–Kier alpha value is -3.00. The topological polar surface area (TPSA) is 129 Å². The van der Waals surface area contributed by atoms with E-state index >= 15 is 0 Å². The summed E-state index contributed by atoms with van der Waals surface area (Å²) in [6.07, 6.45) is 0.633. The molecular formula is C29H34FIN2O7. The van der Waals surface area contributed by atoms with E-state index in [4.69, 9.17) is 9.47 Å². The molecule has 0 fully saturated rings. The smallest absolute Gasteiger partial charge is 0.247 e. The van der Waals surface area contributed by atoms with Gasteiger partial charge in [-0.05, 0) is 77.9 Å². The summed E-state index contributed by atoms with van der Waals surface area (Å²) in [7, 11) is 1.45. The van der Waals surface area contributed by atoms with Gasteiger partial charge in [-0.2, -0.15) is 0 Å². The quantitative estimate of drug-likeness (QED) is 0.214. The molecule has 2 aromatic carbocycles. The number of aliphatic hydroxyl groups is 3. The summed E-state index contributed by atoms with van der Waals surface area (Å²) in [5.74, 6) is -0.638. The number of rotatable bonds is 11. The van der Waals surface area contributed by atoms with Crippen LogP contribution in [0.5, 0.6) is 11.5 Å². The second-order valence-electron chi connectivity index (χ2n) is 9.60. The van der Waals surface area contributed by atoms with Gasteiger partial charge in [-0.3, -0.25) is 9.59 Å². The molecule has 0 aromatic heterocycles. The van der Waals surface area contributed by atoms with Crippen LogP contribution in [0.3, 0.4) is 0 Å². The van der Waals surface area contributed by atoms with Gasteiger partial charge in [0.1, 0.15) is 18.0 Å². The maximum absolute atomic E-state index is 13.6. The molecule has 4 N–H and O–H groups in total. The van der Waals surface area contributed by atoms with Gasteiger partial charge in [0.25, 0.3) is 0 Å². The van der Waals surface area contributed by atoms with Crippen molar-refractivity contribution < 1.29 is 38.8 Å². The number of ether oxygens (including phenoxy) is 2. The molecule has 11 heteroatoms. The van der Waals surface area contributed by atoms with Crippen LogP contribution in [0.2, 0.25) is 0 Å². The summed E-state index contributed by atoms with van der Waals surface area (Å²) in [5, 5.41) is 33.0. The van der Waals surface area contributed by atoms with Crippen LogP contribution in [0, 0.1) is 9.39 Å². The molecule has 3 rings (SSSR count). The zero-order valence-corrected chi connectivity index (χ0v) is 24.7. The highest BCUT2D eigenvalue weighted by atomic mass is 127. The first-order chi connectivity index (χ1) is 19.1. The lowest BCUT2D eigenvalue weighted by atomic mass is 9.87. The number of benzene rings is 2. The third kappa shape index (κ3) is 8.03. The van der Waals surface area contributed by atoms with Gasteiger partial charge in [-0.15, -0.1) is 0 Å². The molecule has 2 amide bonds. The van der Waals surface area contributed by atoms with Crippen molar-refractivity contribution in [1.82, 2.24) is 10.2 Å². The van der Waals surface area contributed by atoms with E-state index < -0.39 is 30.0 Å². The Balaban J connectivity index is 2.06. The third-order valence-corrected chi connectivity index (χ3v) is 7.10. The summed E-state index contributed by atoms with van der Waals surface area (Å²) in [6, 6.07) is 8.13. The molecule has 0 bridgehead atoms. The largest absolute Gasteiger partial charge is 0.493 e. The van der Waals surface area contributed by atoms with Gasteiger partial charge in [0.05, 0.1) is 29.9 Å². The van der Waals surface area contributed by atoms with Crippen LogP contribution in [0.1, 0.15) is 31.4 Å². The second kappa shape index (κ2) is 14.6. The first-order valence-electron chi connectivity index (χ1n) is 12.7. The van der Waals surface area contributed by atoms with Crippen molar-refractivity contribution in [3.63, 3.8) is 0 Å². The van der Waals surface area contributed by atoms with Crippen LogP contribution in [0.25, 0.3) is 0 Å². The Kier molecular flexibility index (Phi) is 11.5. The van der Waals surface area contributed by atoms with Gasteiger partial charge in [0, 0.05) is 31.2 Å². The first kappa shape index (κ1) is 31.5. The zero-order valence-electron chi connectivity index (χ0n) is 22.6. The highest BCUT2D eigenvalue weighted by Gasteiger charge is 2.40. The molecule has 40 heavy (non-hydrogen) atoms. The molecule has 0 radical (unpaired) electrons. The van der Waals surface area contributed by atoms with Crippen LogP contribution in [0.15, 0.2) is 59.7 Å². The number of halogens is 2. The van der Waals surface area contributed by atoms with E-state index in [1.54, 1.807) is 38.1 Å². The maximum Gasteiger partial charge on any atom is 0.247 e. The Morgan fingerprint density at radius 3 is 2.48 bits per heavy atom. The van der Waals surface area contributed by atoms with Crippen molar-refractivity contribution in [3.05, 3.63) is 80.2 Å². The van der Waals surface area contributed by atoms with Gasteiger partial charge >= 0.3 is 0 Å². The molecule has 3 unspecified atom stereocenters. The number of hydrogen-bond donors (Lipinski definition) is 4. The standard InChI is InChI=1S/C29H34FIN2O7/c1-17(2)10-26(36)33(15-18-4-6-21(30)7-5-18)23-13-20(29(38)32-8-9-34)14-24(27(23)37)40-28-22(31)11-19(16-35)12-25(28)39-3/h4-7,10-12,14,23-24,27,34-35,37H,8-9,13,15-16H2,1-3H3,(H,32,38). The van der Waals surface area contributed by atoms with Crippen molar-refractivity contribution in [3.8, 4) is 11.5 Å². The summed E-state index contributed by atoms with van der Waals surface area (Å²) >= 11 is 2.03. The van der Waals surface area contributed by atoms with Crippen LogP contribution in [-0.4, -0.2) is 70.5 Å².